The third kappa shape index (κ3) is 3.47. The van der Waals surface area contributed by atoms with Gasteiger partial charge < -0.3 is 14.2 Å². The van der Waals surface area contributed by atoms with Crippen molar-refractivity contribution in [1.29, 1.82) is 0 Å². The third-order valence-electron chi connectivity index (χ3n) is 4.58. The van der Waals surface area contributed by atoms with Crippen LogP contribution in [0.3, 0.4) is 0 Å². The van der Waals surface area contributed by atoms with Crippen LogP contribution in [0.2, 0.25) is 0 Å². The number of aromatic nitrogens is 1. The molecule has 1 aliphatic heterocycles. The number of aryl methyl sites for hydroxylation is 1. The molecule has 0 radical (unpaired) electrons. The molecule has 1 atom stereocenters. The maximum atomic E-state index is 13.1. The highest BCUT2D eigenvalue weighted by atomic mass is 19.1. The van der Waals surface area contributed by atoms with Gasteiger partial charge in [0.2, 0.25) is 17.7 Å². The number of carbonyl (C=O) groups excluding carboxylic acids is 2. The first kappa shape index (κ1) is 18.1. The zero-order chi connectivity index (χ0) is 18.8. The zero-order valence-corrected chi connectivity index (χ0v) is 15.2. The van der Waals surface area contributed by atoms with E-state index in [1.807, 2.05) is 6.92 Å². The molecular weight excluding hydrogens is 337 g/mol. The van der Waals surface area contributed by atoms with Crippen LogP contribution in [0.25, 0.3) is 11.5 Å². The highest BCUT2D eigenvalue weighted by molar-refractivity contribution is 5.94. The van der Waals surface area contributed by atoms with Crippen LogP contribution in [0.5, 0.6) is 0 Å². The Hall–Kier alpha value is -2.70. The van der Waals surface area contributed by atoms with Crippen LogP contribution in [-0.2, 0) is 16.1 Å². The summed E-state index contributed by atoms with van der Waals surface area (Å²) in [6.45, 7) is 6.37. The lowest BCUT2D eigenvalue weighted by molar-refractivity contribution is -0.155. The van der Waals surface area contributed by atoms with Crippen LogP contribution in [0.4, 0.5) is 4.39 Å². The first-order valence-corrected chi connectivity index (χ1v) is 8.71. The summed E-state index contributed by atoms with van der Waals surface area (Å²) in [5, 5.41) is 0. The van der Waals surface area contributed by atoms with Gasteiger partial charge in [-0.3, -0.25) is 9.59 Å². The van der Waals surface area contributed by atoms with Crippen molar-refractivity contribution in [2.24, 2.45) is 0 Å². The van der Waals surface area contributed by atoms with Crippen molar-refractivity contribution in [2.45, 2.75) is 39.8 Å². The Morgan fingerprint density at radius 2 is 1.96 bits per heavy atom. The minimum Gasteiger partial charge on any atom is -0.441 e. The van der Waals surface area contributed by atoms with Gasteiger partial charge in [-0.1, -0.05) is 6.92 Å². The first-order chi connectivity index (χ1) is 12.4. The highest BCUT2D eigenvalue weighted by Crippen LogP contribution is 2.24. The smallest absolute Gasteiger partial charge is 0.245 e. The van der Waals surface area contributed by atoms with Crippen molar-refractivity contribution >= 4 is 11.8 Å². The predicted octanol–water partition coefficient (Wildman–Crippen LogP) is 2.76. The number of nitrogens with zero attached hydrogens (tertiary/aromatic N) is 3. The highest BCUT2D eigenvalue weighted by Gasteiger charge is 2.36. The Morgan fingerprint density at radius 1 is 1.27 bits per heavy atom. The summed E-state index contributed by atoms with van der Waals surface area (Å²) >= 11 is 0. The van der Waals surface area contributed by atoms with Gasteiger partial charge in [0.25, 0.3) is 0 Å². The molecule has 0 bridgehead atoms. The summed E-state index contributed by atoms with van der Waals surface area (Å²) in [4.78, 5) is 32.5. The number of halogens is 1. The average Bonchev–Trinajstić information content (AvgIpc) is 2.98. The lowest BCUT2D eigenvalue weighted by Crippen LogP contribution is -2.58. The van der Waals surface area contributed by atoms with Gasteiger partial charge in [0.05, 0.1) is 13.1 Å². The fourth-order valence-corrected chi connectivity index (χ4v) is 3.08. The molecule has 0 unspecified atom stereocenters. The summed E-state index contributed by atoms with van der Waals surface area (Å²) in [7, 11) is 0. The molecule has 2 amide bonds. The summed E-state index contributed by atoms with van der Waals surface area (Å²) in [5.41, 5.74) is 1.25. The number of benzene rings is 1. The summed E-state index contributed by atoms with van der Waals surface area (Å²) in [6.07, 6.45) is 0.815. The van der Waals surface area contributed by atoms with Gasteiger partial charge in [-0.2, -0.15) is 0 Å². The van der Waals surface area contributed by atoms with E-state index in [1.54, 1.807) is 30.9 Å². The molecule has 0 aliphatic carbocycles. The summed E-state index contributed by atoms with van der Waals surface area (Å²) in [5.74, 6) is 0.462. The minimum absolute atomic E-state index is 0.0497. The van der Waals surface area contributed by atoms with Gasteiger partial charge in [0, 0.05) is 12.1 Å². The van der Waals surface area contributed by atoms with Crippen LogP contribution in [-0.4, -0.2) is 45.7 Å². The van der Waals surface area contributed by atoms with E-state index in [0.717, 1.165) is 6.42 Å². The molecule has 26 heavy (non-hydrogen) atoms. The van der Waals surface area contributed by atoms with E-state index in [4.69, 9.17) is 4.42 Å². The van der Waals surface area contributed by atoms with Crippen LogP contribution in [0.15, 0.2) is 28.7 Å². The molecule has 1 saturated heterocycles. The Bertz CT molecular complexity index is 816. The molecule has 1 aromatic heterocycles. The van der Waals surface area contributed by atoms with E-state index >= 15 is 0 Å². The fraction of sp³-hybridized carbons (Fsp3) is 0.421. The molecule has 7 heteroatoms. The normalized spacial score (nSPS) is 17.9. The lowest BCUT2D eigenvalue weighted by atomic mass is 10.1. The van der Waals surface area contributed by atoms with Crippen LogP contribution in [0, 0.1) is 12.7 Å². The van der Waals surface area contributed by atoms with E-state index in [0.29, 0.717) is 29.5 Å². The number of oxazole rings is 1. The summed E-state index contributed by atoms with van der Waals surface area (Å²) < 4.78 is 18.7. The van der Waals surface area contributed by atoms with Crippen molar-refractivity contribution in [2.75, 3.05) is 13.1 Å². The van der Waals surface area contributed by atoms with Gasteiger partial charge in [0.15, 0.2) is 0 Å². The van der Waals surface area contributed by atoms with Gasteiger partial charge in [-0.15, -0.1) is 0 Å². The number of amides is 2. The first-order valence-electron chi connectivity index (χ1n) is 8.71. The molecule has 6 nitrogen and oxygen atoms in total. The second kappa shape index (κ2) is 7.27. The monoisotopic (exact) mass is 359 g/mol. The van der Waals surface area contributed by atoms with Gasteiger partial charge >= 0.3 is 0 Å². The van der Waals surface area contributed by atoms with Crippen molar-refractivity contribution < 1.29 is 18.4 Å². The molecule has 1 fully saturated rings. The molecule has 2 aromatic rings. The van der Waals surface area contributed by atoms with Crippen molar-refractivity contribution in [3.8, 4) is 11.5 Å². The molecule has 1 aromatic carbocycles. The Morgan fingerprint density at radius 3 is 2.62 bits per heavy atom. The van der Waals surface area contributed by atoms with Crippen LogP contribution >= 0.6 is 0 Å². The van der Waals surface area contributed by atoms with E-state index < -0.39 is 6.04 Å². The van der Waals surface area contributed by atoms with Crippen molar-refractivity contribution in [3.63, 3.8) is 0 Å². The van der Waals surface area contributed by atoms with E-state index in [1.165, 1.54) is 17.0 Å². The predicted molar refractivity (Wildman–Crippen MR) is 93.5 cm³/mol. The topological polar surface area (TPSA) is 66.7 Å². The van der Waals surface area contributed by atoms with Gasteiger partial charge in [-0.05, 0) is 44.5 Å². The van der Waals surface area contributed by atoms with E-state index in [9.17, 15) is 14.0 Å². The lowest BCUT2D eigenvalue weighted by Gasteiger charge is -2.38. The number of hydrogen-bond donors (Lipinski definition) is 0. The van der Waals surface area contributed by atoms with Gasteiger partial charge in [0.1, 0.15) is 23.3 Å². The number of rotatable bonds is 5. The van der Waals surface area contributed by atoms with Crippen molar-refractivity contribution in [3.05, 3.63) is 41.5 Å². The molecule has 0 spiro atoms. The minimum atomic E-state index is -0.534. The second-order valence-corrected chi connectivity index (χ2v) is 6.49. The average molecular weight is 359 g/mol. The molecule has 138 valence electrons. The van der Waals surface area contributed by atoms with Crippen LogP contribution < -0.4 is 0 Å². The Labute approximate surface area is 151 Å². The van der Waals surface area contributed by atoms with Crippen molar-refractivity contribution in [1.82, 2.24) is 14.8 Å². The number of piperazine rings is 1. The standard InChI is InChI=1S/C19H22FN3O3/c1-4-9-22-11-17(24)23(12(2)19(22)25)10-16-13(3)26-18(21-16)14-5-7-15(20)8-6-14/h5-8,12H,4,9-11H2,1-3H3/t12-/m1/s1. The molecule has 1 aliphatic rings. The summed E-state index contributed by atoms with van der Waals surface area (Å²) in [6, 6.07) is 5.32. The largest absolute Gasteiger partial charge is 0.441 e. The molecule has 0 N–H and O–H groups in total. The van der Waals surface area contributed by atoms with E-state index in [2.05, 4.69) is 4.98 Å². The molecule has 0 saturated carbocycles. The molecular formula is C19H22FN3O3. The third-order valence-corrected chi connectivity index (χ3v) is 4.58. The van der Waals surface area contributed by atoms with Crippen LogP contribution in [0.1, 0.15) is 31.7 Å². The Kier molecular flexibility index (Phi) is 5.06. The maximum absolute atomic E-state index is 13.1. The van der Waals surface area contributed by atoms with Gasteiger partial charge in [-0.25, -0.2) is 9.37 Å². The number of carbonyl (C=O) groups is 2. The van der Waals surface area contributed by atoms with E-state index in [-0.39, 0.29) is 30.7 Å². The Balaban J connectivity index is 1.79. The maximum Gasteiger partial charge on any atom is 0.245 e. The molecule has 2 heterocycles. The number of hydrogen-bond acceptors (Lipinski definition) is 4. The quantitative estimate of drug-likeness (QED) is 0.823. The molecule has 3 rings (SSSR count). The zero-order valence-electron chi connectivity index (χ0n) is 15.2. The second-order valence-electron chi connectivity index (χ2n) is 6.49. The SMILES string of the molecule is CCCN1CC(=O)N(Cc2nc(-c3ccc(F)cc3)oc2C)[C@H](C)C1=O. The fourth-order valence-electron chi connectivity index (χ4n) is 3.08.